The highest BCUT2D eigenvalue weighted by Gasteiger charge is 2.21. The highest BCUT2D eigenvalue weighted by Crippen LogP contribution is 2.23. The van der Waals surface area contributed by atoms with Crippen molar-refractivity contribution in [3.8, 4) is 11.6 Å². The van der Waals surface area contributed by atoms with E-state index < -0.39 is 5.97 Å². The van der Waals surface area contributed by atoms with Crippen molar-refractivity contribution in [1.82, 2.24) is 14.8 Å². The summed E-state index contributed by atoms with van der Waals surface area (Å²) in [4.78, 5) is 15.3. The van der Waals surface area contributed by atoms with E-state index in [-0.39, 0.29) is 5.76 Å². The highest BCUT2D eigenvalue weighted by atomic mass is 16.4. The van der Waals surface area contributed by atoms with Crippen LogP contribution in [0.1, 0.15) is 35.3 Å². The smallest absolute Gasteiger partial charge is 0.373 e. The molecule has 0 aliphatic carbocycles. The maximum Gasteiger partial charge on any atom is 0.373 e. The fourth-order valence-corrected chi connectivity index (χ4v) is 1.85. The summed E-state index contributed by atoms with van der Waals surface area (Å²) in [5.41, 5.74) is 2.00. The largest absolute Gasteiger partial charge is 0.475 e. The molecule has 6 nitrogen and oxygen atoms in total. The van der Waals surface area contributed by atoms with Gasteiger partial charge in [0.2, 0.25) is 11.7 Å². The van der Waals surface area contributed by atoms with Crippen LogP contribution in [0, 0.1) is 6.92 Å². The molecule has 2 aromatic heterocycles. The summed E-state index contributed by atoms with van der Waals surface area (Å²) < 4.78 is 6.97. The van der Waals surface area contributed by atoms with Gasteiger partial charge in [0.15, 0.2) is 0 Å². The van der Waals surface area contributed by atoms with Gasteiger partial charge in [0.1, 0.15) is 5.69 Å². The zero-order chi connectivity index (χ0) is 13.3. The lowest BCUT2D eigenvalue weighted by atomic mass is 10.2. The minimum Gasteiger partial charge on any atom is -0.475 e. The number of carboxylic acids is 1. The van der Waals surface area contributed by atoms with Crippen molar-refractivity contribution in [2.45, 2.75) is 26.7 Å². The number of hydrogen-bond donors (Lipinski definition) is 1. The zero-order valence-electron chi connectivity index (χ0n) is 10.6. The van der Waals surface area contributed by atoms with Crippen LogP contribution in [0.3, 0.4) is 0 Å². The molecule has 96 valence electrons. The standard InChI is InChI=1S/C12H15N3O3/c1-4-5-8-10(12(16)17)18-11(13-8)9-6-7(2)14-15(9)3/h6H,4-5H2,1-3H3,(H,16,17). The fraction of sp³-hybridized carbons (Fsp3) is 0.417. The molecule has 2 rings (SSSR count). The first-order valence-electron chi connectivity index (χ1n) is 5.77. The lowest BCUT2D eigenvalue weighted by Gasteiger charge is -1.94. The number of aryl methyl sites for hydroxylation is 3. The minimum absolute atomic E-state index is 0.0781. The summed E-state index contributed by atoms with van der Waals surface area (Å²) in [5, 5.41) is 13.3. The molecular weight excluding hydrogens is 234 g/mol. The third-order valence-corrected chi connectivity index (χ3v) is 2.60. The van der Waals surface area contributed by atoms with Crippen LogP contribution in [-0.2, 0) is 13.5 Å². The second kappa shape index (κ2) is 4.64. The van der Waals surface area contributed by atoms with Crippen molar-refractivity contribution < 1.29 is 14.3 Å². The fourth-order valence-electron chi connectivity index (χ4n) is 1.85. The van der Waals surface area contributed by atoms with Crippen LogP contribution in [0.2, 0.25) is 0 Å². The first-order chi connectivity index (χ1) is 8.52. The number of carboxylic acid groups (broad SMARTS) is 1. The van der Waals surface area contributed by atoms with E-state index in [1.807, 2.05) is 19.9 Å². The second-order valence-corrected chi connectivity index (χ2v) is 4.14. The monoisotopic (exact) mass is 249 g/mol. The molecule has 0 aliphatic heterocycles. The Morgan fingerprint density at radius 2 is 2.28 bits per heavy atom. The van der Waals surface area contributed by atoms with Crippen LogP contribution in [-0.4, -0.2) is 25.8 Å². The normalized spacial score (nSPS) is 10.8. The molecule has 0 bridgehead atoms. The third kappa shape index (κ3) is 2.13. The molecule has 0 radical (unpaired) electrons. The van der Waals surface area contributed by atoms with Gasteiger partial charge in [-0.05, 0) is 19.4 Å². The average molecular weight is 249 g/mol. The quantitative estimate of drug-likeness (QED) is 0.896. The molecule has 6 heteroatoms. The molecule has 0 atom stereocenters. The van der Waals surface area contributed by atoms with Crippen LogP contribution in [0.4, 0.5) is 0 Å². The van der Waals surface area contributed by atoms with Crippen molar-refractivity contribution in [1.29, 1.82) is 0 Å². The summed E-state index contributed by atoms with van der Waals surface area (Å²) in [7, 11) is 1.77. The third-order valence-electron chi connectivity index (χ3n) is 2.60. The number of nitrogens with zero attached hydrogens (tertiary/aromatic N) is 3. The van der Waals surface area contributed by atoms with E-state index in [1.165, 1.54) is 0 Å². The molecule has 2 aromatic rings. The molecule has 0 aliphatic rings. The number of aromatic carboxylic acids is 1. The van der Waals surface area contributed by atoms with Crippen molar-refractivity contribution in [2.24, 2.45) is 7.05 Å². The maximum atomic E-state index is 11.1. The first kappa shape index (κ1) is 12.3. The SMILES string of the molecule is CCCc1nc(-c2cc(C)nn2C)oc1C(=O)O. The Morgan fingerprint density at radius 3 is 2.78 bits per heavy atom. The lowest BCUT2D eigenvalue weighted by molar-refractivity contribution is 0.0661. The van der Waals surface area contributed by atoms with E-state index in [2.05, 4.69) is 10.1 Å². The van der Waals surface area contributed by atoms with Crippen LogP contribution in [0.5, 0.6) is 0 Å². The van der Waals surface area contributed by atoms with E-state index in [0.717, 1.165) is 12.1 Å². The Labute approximate surface area is 104 Å². The molecule has 1 N–H and O–H groups in total. The molecule has 0 unspecified atom stereocenters. The predicted octanol–water partition coefficient (Wildman–Crippen LogP) is 2.03. The summed E-state index contributed by atoms with van der Waals surface area (Å²) >= 11 is 0. The average Bonchev–Trinajstić information content (AvgIpc) is 2.83. The molecule has 0 saturated heterocycles. The molecule has 18 heavy (non-hydrogen) atoms. The summed E-state index contributed by atoms with van der Waals surface area (Å²) in [6.45, 7) is 3.83. The highest BCUT2D eigenvalue weighted by molar-refractivity contribution is 5.86. The Balaban J connectivity index is 2.49. The Kier molecular flexibility index (Phi) is 3.18. The molecule has 0 saturated carbocycles. The van der Waals surface area contributed by atoms with E-state index >= 15 is 0 Å². The maximum absolute atomic E-state index is 11.1. The van der Waals surface area contributed by atoms with Gasteiger partial charge in [0.05, 0.1) is 11.4 Å². The van der Waals surface area contributed by atoms with Gasteiger partial charge >= 0.3 is 5.97 Å². The topological polar surface area (TPSA) is 81.2 Å². The molecular formula is C12H15N3O3. The Morgan fingerprint density at radius 1 is 1.56 bits per heavy atom. The van der Waals surface area contributed by atoms with Crippen LogP contribution < -0.4 is 0 Å². The van der Waals surface area contributed by atoms with Crippen LogP contribution >= 0.6 is 0 Å². The summed E-state index contributed by atoms with van der Waals surface area (Å²) in [6, 6.07) is 1.81. The number of hydrogen-bond acceptors (Lipinski definition) is 4. The van der Waals surface area contributed by atoms with Gasteiger partial charge in [-0.2, -0.15) is 5.10 Å². The van der Waals surface area contributed by atoms with E-state index in [4.69, 9.17) is 9.52 Å². The van der Waals surface area contributed by atoms with E-state index in [9.17, 15) is 4.79 Å². The van der Waals surface area contributed by atoms with Crippen LogP contribution in [0.25, 0.3) is 11.6 Å². The summed E-state index contributed by atoms with van der Waals surface area (Å²) in [6.07, 6.45) is 1.40. The van der Waals surface area contributed by atoms with Gasteiger partial charge in [-0.1, -0.05) is 13.3 Å². The molecule has 0 fully saturated rings. The van der Waals surface area contributed by atoms with Gasteiger partial charge in [0, 0.05) is 7.05 Å². The van der Waals surface area contributed by atoms with Crippen molar-refractivity contribution in [2.75, 3.05) is 0 Å². The molecule has 0 spiro atoms. The van der Waals surface area contributed by atoms with Crippen molar-refractivity contribution in [3.05, 3.63) is 23.2 Å². The second-order valence-electron chi connectivity index (χ2n) is 4.14. The first-order valence-corrected chi connectivity index (χ1v) is 5.77. The van der Waals surface area contributed by atoms with Gasteiger partial charge < -0.3 is 9.52 Å². The van der Waals surface area contributed by atoms with Gasteiger partial charge in [-0.3, -0.25) is 4.68 Å². The lowest BCUT2D eigenvalue weighted by Crippen LogP contribution is -1.99. The van der Waals surface area contributed by atoms with Crippen molar-refractivity contribution in [3.63, 3.8) is 0 Å². The minimum atomic E-state index is -1.09. The van der Waals surface area contributed by atoms with Crippen molar-refractivity contribution >= 4 is 5.97 Å². The number of aromatic nitrogens is 3. The van der Waals surface area contributed by atoms with Gasteiger partial charge in [0.25, 0.3) is 0 Å². The van der Waals surface area contributed by atoms with Crippen LogP contribution in [0.15, 0.2) is 10.5 Å². The predicted molar refractivity (Wildman–Crippen MR) is 64.4 cm³/mol. The Bertz CT molecular complexity index is 583. The van der Waals surface area contributed by atoms with Gasteiger partial charge in [-0.25, -0.2) is 9.78 Å². The molecule has 0 aromatic carbocycles. The number of rotatable bonds is 4. The van der Waals surface area contributed by atoms with Gasteiger partial charge in [-0.15, -0.1) is 0 Å². The molecule has 2 heterocycles. The summed E-state index contributed by atoms with van der Waals surface area (Å²) in [5.74, 6) is -0.860. The molecule has 0 amide bonds. The number of oxazole rings is 1. The number of carbonyl (C=O) groups is 1. The zero-order valence-corrected chi connectivity index (χ0v) is 10.6. The van der Waals surface area contributed by atoms with E-state index in [1.54, 1.807) is 11.7 Å². The Hall–Kier alpha value is -2.11. The van der Waals surface area contributed by atoms with E-state index in [0.29, 0.717) is 23.7 Å².